The van der Waals surface area contributed by atoms with E-state index in [2.05, 4.69) is 26.0 Å². The molecule has 1 unspecified atom stereocenters. The van der Waals surface area contributed by atoms with E-state index in [1.807, 2.05) is 19.1 Å². The molecule has 0 saturated carbocycles. The van der Waals surface area contributed by atoms with E-state index in [1.54, 1.807) is 0 Å². The summed E-state index contributed by atoms with van der Waals surface area (Å²) in [6.07, 6.45) is 23.7. The number of hydrogen-bond donors (Lipinski definition) is 0. The summed E-state index contributed by atoms with van der Waals surface area (Å²) in [5.74, 6) is 2.23. The Hall–Kier alpha value is -0.830. The first-order valence-corrected chi connectivity index (χ1v) is 17.6. The van der Waals surface area contributed by atoms with E-state index in [0.29, 0.717) is 6.61 Å². The van der Waals surface area contributed by atoms with Gasteiger partial charge in [-0.1, -0.05) is 116 Å². The molecule has 0 spiro atoms. The maximum Gasteiger partial charge on any atom is 0.343 e. The highest BCUT2D eigenvalue weighted by Crippen LogP contribution is 2.23. The molecule has 1 rings (SSSR count). The quantitative estimate of drug-likeness (QED) is 0.112. The van der Waals surface area contributed by atoms with Crippen LogP contribution >= 0.6 is 0 Å². The van der Waals surface area contributed by atoms with Crippen LogP contribution in [0.1, 0.15) is 140 Å². The molecule has 0 N–H and O–H groups in total. The Morgan fingerprint density at radius 3 is 1.50 bits per heavy atom. The van der Waals surface area contributed by atoms with Crippen LogP contribution in [-0.4, -0.2) is 24.1 Å². The second-order valence-corrected chi connectivity index (χ2v) is 12.8. The SMILES string of the molecule is CCCCCCCCCCCCCCCCCC[S+](CCC)c1ccccc1C(=O)OCC.[O-][Cl+3]([O-])([O-])[O-]. The normalized spacial score (nSPS) is 12.1. The van der Waals surface area contributed by atoms with Crippen LogP contribution < -0.4 is 18.6 Å². The minimum atomic E-state index is -4.94. The summed E-state index contributed by atoms with van der Waals surface area (Å²) in [6.45, 7) is 6.86. The number of hydrogen-bond acceptors (Lipinski definition) is 6. The molecule has 0 saturated heterocycles. The highest BCUT2D eigenvalue weighted by molar-refractivity contribution is 7.97. The van der Waals surface area contributed by atoms with Crippen molar-refractivity contribution in [1.29, 1.82) is 0 Å². The molecule has 0 amide bonds. The van der Waals surface area contributed by atoms with Crippen molar-refractivity contribution < 1.29 is 38.4 Å². The molecule has 0 aromatic heterocycles. The summed E-state index contributed by atoms with van der Waals surface area (Å²) >= 11 is 0. The van der Waals surface area contributed by atoms with Gasteiger partial charge >= 0.3 is 5.97 Å². The highest BCUT2D eigenvalue weighted by atomic mass is 35.7. The zero-order valence-electron chi connectivity index (χ0n) is 24.2. The van der Waals surface area contributed by atoms with Gasteiger partial charge in [0.2, 0.25) is 0 Å². The molecule has 0 aliphatic carbocycles. The predicted octanol–water partition coefficient (Wildman–Crippen LogP) is 4.76. The van der Waals surface area contributed by atoms with Crippen molar-refractivity contribution >= 4 is 16.9 Å². The van der Waals surface area contributed by atoms with Gasteiger partial charge in [0, 0.05) is 10.9 Å². The molecular weight excluding hydrogens is 524 g/mol. The molecule has 222 valence electrons. The number of esters is 1. The van der Waals surface area contributed by atoms with E-state index in [1.165, 1.54) is 126 Å². The van der Waals surface area contributed by atoms with Gasteiger partial charge in [-0.2, -0.15) is 0 Å². The minimum Gasteiger partial charge on any atom is -0.462 e. The molecule has 0 heterocycles. The third-order valence-corrected chi connectivity index (χ3v) is 9.05. The molecule has 0 aliphatic heterocycles. The van der Waals surface area contributed by atoms with Gasteiger partial charge in [-0.15, -0.1) is 10.2 Å². The van der Waals surface area contributed by atoms with Crippen molar-refractivity contribution in [2.24, 2.45) is 0 Å². The third kappa shape index (κ3) is 23.1. The van der Waals surface area contributed by atoms with Gasteiger partial charge in [-0.05, 0) is 38.3 Å². The Balaban J connectivity index is 0.00000249. The van der Waals surface area contributed by atoms with Gasteiger partial charge in [0.1, 0.15) is 17.1 Å². The van der Waals surface area contributed by atoms with Crippen LogP contribution in [0.3, 0.4) is 0 Å². The lowest BCUT2D eigenvalue weighted by Crippen LogP contribution is -2.68. The summed E-state index contributed by atoms with van der Waals surface area (Å²) in [6, 6.07) is 8.12. The average molecular weight is 577 g/mol. The molecule has 6 nitrogen and oxygen atoms in total. The summed E-state index contributed by atoms with van der Waals surface area (Å²) in [5, 5.41) is 0. The van der Waals surface area contributed by atoms with Crippen LogP contribution in [0.4, 0.5) is 0 Å². The van der Waals surface area contributed by atoms with Crippen LogP contribution in [0, 0.1) is 10.2 Å². The van der Waals surface area contributed by atoms with E-state index >= 15 is 0 Å². The predicted molar refractivity (Wildman–Crippen MR) is 148 cm³/mol. The number of unbranched alkanes of at least 4 members (excludes halogenated alkanes) is 15. The monoisotopic (exact) mass is 576 g/mol. The largest absolute Gasteiger partial charge is 0.462 e. The lowest BCUT2D eigenvalue weighted by molar-refractivity contribution is -2.00. The van der Waals surface area contributed by atoms with Gasteiger partial charge in [0.05, 0.1) is 6.61 Å². The van der Waals surface area contributed by atoms with E-state index in [0.717, 1.165) is 5.56 Å². The number of carbonyl (C=O) groups excluding carboxylic acids is 1. The molecular formula is C30H53ClO6S. The second-order valence-electron chi connectivity index (χ2n) is 9.80. The van der Waals surface area contributed by atoms with Gasteiger partial charge in [-0.25, -0.2) is 23.4 Å². The Kier molecular flexibility index (Phi) is 24.6. The minimum absolute atomic E-state index is 0.158. The fourth-order valence-electron chi connectivity index (χ4n) is 4.49. The molecule has 1 aromatic rings. The molecule has 0 bridgehead atoms. The lowest BCUT2D eigenvalue weighted by atomic mass is 10.0. The van der Waals surface area contributed by atoms with Crippen LogP contribution in [-0.2, 0) is 15.6 Å². The zero-order valence-corrected chi connectivity index (χ0v) is 25.8. The van der Waals surface area contributed by atoms with E-state index in [4.69, 9.17) is 23.4 Å². The maximum absolute atomic E-state index is 12.4. The van der Waals surface area contributed by atoms with E-state index in [9.17, 15) is 4.79 Å². The van der Waals surface area contributed by atoms with Crippen molar-refractivity contribution in [3.05, 3.63) is 29.8 Å². The first-order chi connectivity index (χ1) is 18.2. The van der Waals surface area contributed by atoms with Gasteiger partial charge in [0.15, 0.2) is 4.90 Å². The molecule has 0 aliphatic rings. The zero-order chi connectivity index (χ0) is 28.5. The molecule has 0 radical (unpaired) electrons. The van der Waals surface area contributed by atoms with Crippen molar-refractivity contribution in [2.75, 3.05) is 18.1 Å². The smallest absolute Gasteiger partial charge is 0.343 e. The Labute approximate surface area is 237 Å². The highest BCUT2D eigenvalue weighted by Gasteiger charge is 2.27. The van der Waals surface area contributed by atoms with Crippen molar-refractivity contribution in [1.82, 2.24) is 0 Å². The number of halogens is 1. The number of carbonyl (C=O) groups is 1. The molecule has 0 fully saturated rings. The molecule has 1 aromatic carbocycles. The summed E-state index contributed by atoms with van der Waals surface area (Å²) < 4.78 is 39.3. The molecule has 1 atom stereocenters. The topological polar surface area (TPSA) is 119 Å². The van der Waals surface area contributed by atoms with E-state index in [-0.39, 0.29) is 16.9 Å². The maximum atomic E-state index is 12.4. The summed E-state index contributed by atoms with van der Waals surface area (Å²) in [7, 11) is -4.79. The lowest BCUT2D eigenvalue weighted by Gasteiger charge is -2.17. The van der Waals surface area contributed by atoms with Crippen LogP contribution in [0.5, 0.6) is 0 Å². The number of rotatable bonds is 22. The Bertz CT molecular complexity index is 677. The van der Waals surface area contributed by atoms with Crippen LogP contribution in [0.2, 0.25) is 0 Å². The molecule has 38 heavy (non-hydrogen) atoms. The molecule has 8 heteroatoms. The van der Waals surface area contributed by atoms with Crippen LogP contribution in [0.15, 0.2) is 29.2 Å². The van der Waals surface area contributed by atoms with Crippen LogP contribution in [0.25, 0.3) is 0 Å². The summed E-state index contributed by atoms with van der Waals surface area (Å²) in [4.78, 5) is 13.6. The fourth-order valence-corrected chi connectivity index (χ4v) is 6.91. The summed E-state index contributed by atoms with van der Waals surface area (Å²) in [5.41, 5.74) is 0.785. The fraction of sp³-hybridized carbons (Fsp3) is 0.767. The Morgan fingerprint density at radius 2 is 1.08 bits per heavy atom. The first-order valence-electron chi connectivity index (χ1n) is 14.8. The Morgan fingerprint density at radius 1 is 0.658 bits per heavy atom. The number of ether oxygens (including phenoxy) is 1. The third-order valence-electron chi connectivity index (χ3n) is 6.39. The van der Waals surface area contributed by atoms with E-state index < -0.39 is 10.2 Å². The van der Waals surface area contributed by atoms with Crippen molar-refractivity contribution in [2.45, 2.75) is 135 Å². The number of benzene rings is 1. The first kappa shape index (κ1) is 37.2. The van der Waals surface area contributed by atoms with Gasteiger partial charge in [-0.3, -0.25) is 0 Å². The van der Waals surface area contributed by atoms with Crippen molar-refractivity contribution in [3.8, 4) is 0 Å². The van der Waals surface area contributed by atoms with Gasteiger partial charge in [0.25, 0.3) is 0 Å². The van der Waals surface area contributed by atoms with Crippen molar-refractivity contribution in [3.63, 3.8) is 0 Å². The van der Waals surface area contributed by atoms with Gasteiger partial charge < -0.3 is 4.74 Å². The average Bonchev–Trinajstić information content (AvgIpc) is 2.87. The second kappa shape index (κ2) is 25.2. The standard InChI is InChI=1S/C30H53O2S.ClHO4/c1-4-7-8-9-10-11-12-13-14-15-16-17-18-19-20-23-27-33(26-5-2)29-25-22-21-24-28(29)30(31)32-6-3;2-1(3,4)5/h21-22,24-25H,4-20,23,26-27H2,1-3H3;(H,2,3,4,5)/q+1;/p-1.